The molecule has 0 bridgehead atoms. The van der Waals surface area contributed by atoms with Gasteiger partial charge in [0.2, 0.25) is 0 Å². The molecule has 0 aliphatic carbocycles. The number of rotatable bonds is 3. The van der Waals surface area contributed by atoms with Gasteiger partial charge in [-0.2, -0.15) is 0 Å². The third kappa shape index (κ3) is 1.99. The second-order valence-corrected chi connectivity index (χ2v) is 6.59. The first-order valence-corrected chi connectivity index (χ1v) is 7.69. The van der Waals surface area contributed by atoms with Crippen molar-refractivity contribution in [1.29, 1.82) is 0 Å². The quantitative estimate of drug-likeness (QED) is 0.736. The van der Waals surface area contributed by atoms with Gasteiger partial charge in [-0.25, -0.2) is 0 Å². The van der Waals surface area contributed by atoms with Crippen LogP contribution in [0.3, 0.4) is 0 Å². The van der Waals surface area contributed by atoms with E-state index in [1.165, 1.54) is 25.4 Å². The maximum absolute atomic E-state index is 3.45. The Bertz CT molecular complexity index is 666. The molecule has 0 spiro atoms. The fourth-order valence-corrected chi connectivity index (χ4v) is 4.25. The molecule has 2 heterocycles. The van der Waals surface area contributed by atoms with Gasteiger partial charge in [0, 0.05) is 14.5 Å². The van der Waals surface area contributed by atoms with Gasteiger partial charge in [-0.3, -0.25) is 0 Å². The zero-order valence-electron chi connectivity index (χ0n) is 10.4. The highest BCUT2D eigenvalue weighted by atomic mass is 32.1. The second-order valence-electron chi connectivity index (χ2n) is 4.36. The molecular formula is C15H15NS2. The highest BCUT2D eigenvalue weighted by Crippen LogP contribution is 2.34. The van der Waals surface area contributed by atoms with Crippen molar-refractivity contribution in [3.63, 3.8) is 0 Å². The van der Waals surface area contributed by atoms with Crippen LogP contribution in [0, 0.1) is 6.92 Å². The van der Waals surface area contributed by atoms with Gasteiger partial charge in [-0.1, -0.05) is 18.2 Å². The van der Waals surface area contributed by atoms with Crippen LogP contribution in [0.25, 0.3) is 10.1 Å². The number of hydrogen-bond donors (Lipinski definition) is 1. The average molecular weight is 273 g/mol. The van der Waals surface area contributed by atoms with Gasteiger partial charge in [-0.05, 0) is 48.5 Å². The Kier molecular flexibility index (Phi) is 3.20. The summed E-state index contributed by atoms with van der Waals surface area (Å²) in [6, 6.07) is 13.5. The van der Waals surface area contributed by atoms with Crippen LogP contribution in [0.4, 0.5) is 0 Å². The monoisotopic (exact) mass is 273 g/mol. The highest BCUT2D eigenvalue weighted by Gasteiger charge is 2.16. The van der Waals surface area contributed by atoms with Crippen LogP contribution in [0.15, 0.2) is 41.8 Å². The summed E-state index contributed by atoms with van der Waals surface area (Å²) in [5.74, 6) is 0. The van der Waals surface area contributed by atoms with Crippen LogP contribution in [0.5, 0.6) is 0 Å². The van der Waals surface area contributed by atoms with E-state index in [1.807, 2.05) is 29.7 Å². The minimum atomic E-state index is 0.297. The van der Waals surface area contributed by atoms with Gasteiger partial charge in [0.15, 0.2) is 0 Å². The summed E-state index contributed by atoms with van der Waals surface area (Å²) < 4.78 is 1.39. The van der Waals surface area contributed by atoms with Crippen molar-refractivity contribution in [2.24, 2.45) is 0 Å². The Hall–Kier alpha value is -1.16. The smallest absolute Gasteiger partial charge is 0.0682 e. The minimum absolute atomic E-state index is 0.297. The topological polar surface area (TPSA) is 12.0 Å². The molecule has 1 N–H and O–H groups in total. The molecule has 0 aliphatic heterocycles. The Labute approximate surface area is 115 Å². The van der Waals surface area contributed by atoms with E-state index in [0.717, 1.165) is 0 Å². The van der Waals surface area contributed by atoms with Crippen molar-refractivity contribution in [3.8, 4) is 0 Å². The zero-order valence-corrected chi connectivity index (χ0v) is 12.1. The molecule has 92 valence electrons. The second kappa shape index (κ2) is 4.84. The summed E-state index contributed by atoms with van der Waals surface area (Å²) in [6.45, 7) is 2.16. The molecule has 3 rings (SSSR count). The summed E-state index contributed by atoms with van der Waals surface area (Å²) in [5, 5.41) is 6.95. The molecule has 0 saturated heterocycles. The van der Waals surface area contributed by atoms with E-state index in [1.54, 1.807) is 0 Å². The SMILES string of the molecule is CNC(c1ccc(C)s1)c1cccc2ccsc12. The van der Waals surface area contributed by atoms with E-state index in [-0.39, 0.29) is 0 Å². The van der Waals surface area contributed by atoms with E-state index in [0.29, 0.717) is 6.04 Å². The first-order chi connectivity index (χ1) is 8.79. The standard InChI is InChI=1S/C15H15NS2/c1-10-6-7-13(18-10)14(16-2)12-5-3-4-11-8-9-17-15(11)12/h3-9,14,16H,1-2H3. The van der Waals surface area contributed by atoms with Gasteiger partial charge in [0.1, 0.15) is 0 Å². The fourth-order valence-electron chi connectivity index (χ4n) is 2.30. The van der Waals surface area contributed by atoms with Crippen LogP contribution in [0.2, 0.25) is 0 Å². The van der Waals surface area contributed by atoms with Crippen LogP contribution >= 0.6 is 22.7 Å². The Morgan fingerprint density at radius 3 is 2.72 bits per heavy atom. The number of hydrogen-bond acceptors (Lipinski definition) is 3. The third-order valence-corrected chi connectivity index (χ3v) is 5.20. The predicted octanol–water partition coefficient (Wildman–Crippen LogP) is 4.58. The fraction of sp³-hybridized carbons (Fsp3) is 0.200. The average Bonchev–Trinajstić information content (AvgIpc) is 2.99. The molecule has 18 heavy (non-hydrogen) atoms. The van der Waals surface area contributed by atoms with E-state index >= 15 is 0 Å². The summed E-state index contributed by atoms with van der Waals surface area (Å²) in [7, 11) is 2.03. The highest BCUT2D eigenvalue weighted by molar-refractivity contribution is 7.17. The molecule has 2 aromatic heterocycles. The van der Waals surface area contributed by atoms with E-state index in [2.05, 4.69) is 54.0 Å². The maximum Gasteiger partial charge on any atom is 0.0682 e. The summed E-state index contributed by atoms with van der Waals surface area (Å²) >= 11 is 3.69. The summed E-state index contributed by atoms with van der Waals surface area (Å²) in [6.07, 6.45) is 0. The lowest BCUT2D eigenvalue weighted by molar-refractivity contribution is 0.710. The lowest BCUT2D eigenvalue weighted by Crippen LogP contribution is -2.16. The van der Waals surface area contributed by atoms with E-state index in [9.17, 15) is 0 Å². The van der Waals surface area contributed by atoms with Gasteiger partial charge >= 0.3 is 0 Å². The molecule has 0 radical (unpaired) electrons. The molecule has 0 amide bonds. The first kappa shape index (κ1) is 11.9. The Morgan fingerprint density at radius 1 is 1.11 bits per heavy atom. The molecular weight excluding hydrogens is 258 g/mol. The first-order valence-electron chi connectivity index (χ1n) is 5.99. The molecule has 1 nitrogen and oxygen atoms in total. The lowest BCUT2D eigenvalue weighted by Gasteiger charge is -2.16. The molecule has 1 unspecified atom stereocenters. The molecule has 0 saturated carbocycles. The summed E-state index contributed by atoms with van der Waals surface area (Å²) in [4.78, 5) is 2.75. The van der Waals surface area contributed by atoms with Crippen molar-refractivity contribution in [2.45, 2.75) is 13.0 Å². The lowest BCUT2D eigenvalue weighted by atomic mass is 10.0. The number of benzene rings is 1. The van der Waals surface area contributed by atoms with E-state index in [4.69, 9.17) is 0 Å². The molecule has 3 heteroatoms. The maximum atomic E-state index is 3.45. The van der Waals surface area contributed by atoms with Gasteiger partial charge in [-0.15, -0.1) is 22.7 Å². The van der Waals surface area contributed by atoms with Gasteiger partial charge in [0.25, 0.3) is 0 Å². The van der Waals surface area contributed by atoms with Crippen molar-refractivity contribution in [3.05, 3.63) is 57.1 Å². The van der Waals surface area contributed by atoms with Crippen LogP contribution < -0.4 is 5.32 Å². The van der Waals surface area contributed by atoms with Gasteiger partial charge < -0.3 is 5.32 Å². The number of aryl methyl sites for hydroxylation is 1. The predicted molar refractivity (Wildman–Crippen MR) is 81.8 cm³/mol. The minimum Gasteiger partial charge on any atom is -0.309 e. The van der Waals surface area contributed by atoms with Crippen molar-refractivity contribution in [2.75, 3.05) is 7.05 Å². The van der Waals surface area contributed by atoms with Gasteiger partial charge in [0.05, 0.1) is 6.04 Å². The molecule has 1 atom stereocenters. The van der Waals surface area contributed by atoms with E-state index < -0.39 is 0 Å². The van der Waals surface area contributed by atoms with Crippen LogP contribution in [-0.4, -0.2) is 7.05 Å². The molecule has 0 aliphatic rings. The normalized spacial score (nSPS) is 13.0. The third-order valence-electron chi connectivity index (χ3n) is 3.15. The number of fused-ring (bicyclic) bond motifs is 1. The summed E-state index contributed by atoms with van der Waals surface area (Å²) in [5.41, 5.74) is 1.38. The Morgan fingerprint density at radius 2 is 2.00 bits per heavy atom. The Balaban J connectivity index is 2.14. The largest absolute Gasteiger partial charge is 0.309 e. The number of thiophene rings is 2. The zero-order chi connectivity index (χ0) is 12.5. The van der Waals surface area contributed by atoms with Crippen molar-refractivity contribution < 1.29 is 0 Å². The molecule has 1 aromatic carbocycles. The van der Waals surface area contributed by atoms with Crippen LogP contribution in [-0.2, 0) is 0 Å². The van der Waals surface area contributed by atoms with Crippen LogP contribution in [0.1, 0.15) is 21.4 Å². The molecule has 0 fully saturated rings. The number of nitrogens with one attached hydrogen (secondary N) is 1. The van der Waals surface area contributed by atoms with Crippen molar-refractivity contribution >= 4 is 32.8 Å². The molecule has 3 aromatic rings. The van der Waals surface area contributed by atoms with Crippen molar-refractivity contribution in [1.82, 2.24) is 5.32 Å².